The fourth-order valence-corrected chi connectivity index (χ4v) is 3.50. The molecule has 2 aromatic rings. The Hall–Kier alpha value is -1.41. The number of hydrogen-bond donors (Lipinski definition) is 1. The first-order chi connectivity index (χ1) is 9.44. The number of para-hydroxylation sites is 1. The standard InChI is InChI=1S/C18H24N2/c1-17(2)15(18(17,3)4)12-19-11-14-8-5-7-13-9-6-10-20-16(13)14/h5-10,15,19H,11-12H2,1-4H3. The quantitative estimate of drug-likeness (QED) is 0.906. The Balaban J connectivity index is 1.67. The molecule has 0 saturated heterocycles. The maximum absolute atomic E-state index is 4.51. The molecule has 1 fully saturated rings. The van der Waals surface area contributed by atoms with Crippen LogP contribution in [0, 0.1) is 16.7 Å². The normalized spacial score (nSPS) is 20.2. The van der Waals surface area contributed by atoms with Crippen molar-refractivity contribution in [3.63, 3.8) is 0 Å². The van der Waals surface area contributed by atoms with Crippen LogP contribution in [0.2, 0.25) is 0 Å². The first kappa shape index (κ1) is 13.6. The second kappa shape index (κ2) is 4.56. The molecule has 1 heterocycles. The van der Waals surface area contributed by atoms with E-state index in [0.717, 1.165) is 24.5 Å². The summed E-state index contributed by atoms with van der Waals surface area (Å²) in [5.74, 6) is 0.762. The average molecular weight is 268 g/mol. The summed E-state index contributed by atoms with van der Waals surface area (Å²) in [6.45, 7) is 11.5. The maximum Gasteiger partial charge on any atom is 0.0746 e. The van der Waals surface area contributed by atoms with Crippen LogP contribution >= 0.6 is 0 Å². The van der Waals surface area contributed by atoms with Gasteiger partial charge in [-0.1, -0.05) is 52.0 Å². The van der Waals surface area contributed by atoms with Crippen molar-refractivity contribution in [1.82, 2.24) is 10.3 Å². The molecule has 2 heteroatoms. The molecule has 1 aromatic heterocycles. The Morgan fingerprint density at radius 3 is 2.45 bits per heavy atom. The van der Waals surface area contributed by atoms with E-state index in [-0.39, 0.29) is 0 Å². The van der Waals surface area contributed by atoms with Crippen LogP contribution in [-0.4, -0.2) is 11.5 Å². The highest BCUT2D eigenvalue weighted by molar-refractivity contribution is 5.81. The number of nitrogens with one attached hydrogen (secondary N) is 1. The minimum Gasteiger partial charge on any atom is -0.312 e. The molecule has 0 aliphatic heterocycles. The van der Waals surface area contributed by atoms with Crippen molar-refractivity contribution in [2.24, 2.45) is 16.7 Å². The lowest BCUT2D eigenvalue weighted by atomic mass is 10.0. The summed E-state index contributed by atoms with van der Waals surface area (Å²) in [5.41, 5.74) is 3.32. The lowest BCUT2D eigenvalue weighted by Gasteiger charge is -2.08. The monoisotopic (exact) mass is 268 g/mol. The Morgan fingerprint density at radius 2 is 1.75 bits per heavy atom. The summed E-state index contributed by atoms with van der Waals surface area (Å²) in [7, 11) is 0. The van der Waals surface area contributed by atoms with Gasteiger partial charge in [-0.3, -0.25) is 4.98 Å². The molecule has 0 amide bonds. The van der Waals surface area contributed by atoms with Crippen molar-refractivity contribution >= 4 is 10.9 Å². The summed E-state index contributed by atoms with van der Waals surface area (Å²) in [5, 5.41) is 4.85. The molecule has 1 aliphatic rings. The molecule has 0 radical (unpaired) electrons. The third-order valence-electron chi connectivity index (χ3n) is 5.70. The minimum atomic E-state index is 0.455. The fraction of sp³-hybridized carbons (Fsp3) is 0.500. The molecule has 1 N–H and O–H groups in total. The molecular formula is C18H24N2. The second-order valence-electron chi connectivity index (χ2n) is 7.12. The van der Waals surface area contributed by atoms with Crippen molar-refractivity contribution in [2.75, 3.05) is 6.54 Å². The highest BCUT2D eigenvalue weighted by atomic mass is 14.9. The molecule has 1 aromatic carbocycles. The molecule has 106 valence electrons. The number of hydrogen-bond acceptors (Lipinski definition) is 2. The molecule has 20 heavy (non-hydrogen) atoms. The van der Waals surface area contributed by atoms with Crippen molar-refractivity contribution in [2.45, 2.75) is 34.2 Å². The Kier molecular flexibility index (Phi) is 3.09. The van der Waals surface area contributed by atoms with E-state index in [1.165, 1.54) is 10.9 Å². The van der Waals surface area contributed by atoms with E-state index in [1.807, 2.05) is 12.3 Å². The smallest absolute Gasteiger partial charge is 0.0746 e. The van der Waals surface area contributed by atoms with Gasteiger partial charge >= 0.3 is 0 Å². The zero-order valence-corrected chi connectivity index (χ0v) is 12.9. The summed E-state index contributed by atoms with van der Waals surface area (Å²) in [4.78, 5) is 4.51. The largest absolute Gasteiger partial charge is 0.312 e. The van der Waals surface area contributed by atoms with Gasteiger partial charge in [-0.2, -0.15) is 0 Å². The molecule has 0 spiro atoms. The molecule has 3 rings (SSSR count). The van der Waals surface area contributed by atoms with E-state index in [0.29, 0.717) is 10.8 Å². The predicted octanol–water partition coefficient (Wildman–Crippen LogP) is 4.01. The minimum absolute atomic E-state index is 0.455. The number of benzene rings is 1. The van der Waals surface area contributed by atoms with E-state index in [4.69, 9.17) is 0 Å². The number of aromatic nitrogens is 1. The second-order valence-corrected chi connectivity index (χ2v) is 7.12. The Morgan fingerprint density at radius 1 is 1.05 bits per heavy atom. The van der Waals surface area contributed by atoms with Gasteiger partial charge in [0.2, 0.25) is 0 Å². The van der Waals surface area contributed by atoms with Gasteiger partial charge in [-0.05, 0) is 34.9 Å². The summed E-state index contributed by atoms with van der Waals surface area (Å²) < 4.78 is 0. The van der Waals surface area contributed by atoms with Gasteiger partial charge < -0.3 is 5.32 Å². The van der Waals surface area contributed by atoms with E-state index in [9.17, 15) is 0 Å². The van der Waals surface area contributed by atoms with Gasteiger partial charge in [-0.25, -0.2) is 0 Å². The predicted molar refractivity (Wildman–Crippen MR) is 84.5 cm³/mol. The van der Waals surface area contributed by atoms with Crippen LogP contribution < -0.4 is 5.32 Å². The summed E-state index contributed by atoms with van der Waals surface area (Å²) in [6.07, 6.45) is 1.87. The lowest BCUT2D eigenvalue weighted by molar-refractivity contribution is 0.457. The molecule has 1 aliphatic carbocycles. The zero-order chi connectivity index (χ0) is 14.4. The molecular weight excluding hydrogens is 244 g/mol. The van der Waals surface area contributed by atoms with E-state index < -0.39 is 0 Å². The van der Waals surface area contributed by atoms with Crippen molar-refractivity contribution in [1.29, 1.82) is 0 Å². The average Bonchev–Trinajstić information content (AvgIpc) is 2.81. The lowest BCUT2D eigenvalue weighted by Crippen LogP contribution is -2.19. The third kappa shape index (κ3) is 2.03. The number of rotatable bonds is 4. The molecule has 0 bridgehead atoms. The van der Waals surface area contributed by atoms with Gasteiger partial charge in [-0.15, -0.1) is 0 Å². The van der Waals surface area contributed by atoms with E-state index in [1.54, 1.807) is 0 Å². The third-order valence-corrected chi connectivity index (χ3v) is 5.70. The highest BCUT2D eigenvalue weighted by Gasteiger charge is 2.63. The van der Waals surface area contributed by atoms with Crippen molar-refractivity contribution in [3.05, 3.63) is 42.1 Å². The SMILES string of the molecule is CC1(C)C(CNCc2cccc3cccnc23)C1(C)C. The fourth-order valence-electron chi connectivity index (χ4n) is 3.50. The zero-order valence-electron chi connectivity index (χ0n) is 12.9. The number of nitrogens with zero attached hydrogens (tertiary/aromatic N) is 1. The summed E-state index contributed by atoms with van der Waals surface area (Å²) >= 11 is 0. The maximum atomic E-state index is 4.51. The van der Waals surface area contributed by atoms with Crippen LogP contribution in [0.3, 0.4) is 0 Å². The summed E-state index contributed by atoms with van der Waals surface area (Å²) in [6, 6.07) is 10.5. The van der Waals surface area contributed by atoms with Gasteiger partial charge in [0.05, 0.1) is 5.52 Å². The first-order valence-corrected chi connectivity index (χ1v) is 7.48. The van der Waals surface area contributed by atoms with Crippen LogP contribution in [-0.2, 0) is 6.54 Å². The van der Waals surface area contributed by atoms with Gasteiger partial charge in [0.25, 0.3) is 0 Å². The van der Waals surface area contributed by atoms with Crippen LogP contribution in [0.5, 0.6) is 0 Å². The molecule has 1 saturated carbocycles. The number of fused-ring (bicyclic) bond motifs is 1. The Bertz CT molecular complexity index is 609. The van der Waals surface area contributed by atoms with Crippen LogP contribution in [0.15, 0.2) is 36.5 Å². The topological polar surface area (TPSA) is 24.9 Å². The van der Waals surface area contributed by atoms with E-state index >= 15 is 0 Å². The van der Waals surface area contributed by atoms with Crippen molar-refractivity contribution < 1.29 is 0 Å². The molecule has 0 atom stereocenters. The highest BCUT2D eigenvalue weighted by Crippen LogP contribution is 2.67. The van der Waals surface area contributed by atoms with Gasteiger partial charge in [0.15, 0.2) is 0 Å². The Labute approximate surface area is 121 Å². The number of pyridine rings is 1. The molecule has 0 unspecified atom stereocenters. The van der Waals surface area contributed by atoms with Crippen LogP contribution in [0.1, 0.15) is 33.3 Å². The van der Waals surface area contributed by atoms with Gasteiger partial charge in [0.1, 0.15) is 0 Å². The molecule has 2 nitrogen and oxygen atoms in total. The van der Waals surface area contributed by atoms with Crippen LogP contribution in [0.25, 0.3) is 10.9 Å². The van der Waals surface area contributed by atoms with Gasteiger partial charge in [0, 0.05) is 18.1 Å². The first-order valence-electron chi connectivity index (χ1n) is 7.48. The van der Waals surface area contributed by atoms with E-state index in [2.05, 4.69) is 62.3 Å². The van der Waals surface area contributed by atoms with Crippen molar-refractivity contribution in [3.8, 4) is 0 Å². The van der Waals surface area contributed by atoms with Crippen LogP contribution in [0.4, 0.5) is 0 Å².